The van der Waals surface area contributed by atoms with Crippen LogP contribution in [0.4, 0.5) is 10.1 Å². The molecule has 0 heterocycles. The number of rotatable bonds is 7. The van der Waals surface area contributed by atoms with E-state index in [2.05, 4.69) is 10.0 Å². The van der Waals surface area contributed by atoms with Crippen molar-refractivity contribution in [3.63, 3.8) is 0 Å². The minimum absolute atomic E-state index is 0.0584. The lowest BCUT2D eigenvalue weighted by atomic mass is 10.1. The fourth-order valence-corrected chi connectivity index (χ4v) is 3.42. The lowest BCUT2D eigenvalue weighted by Crippen LogP contribution is -2.36. The number of aryl methyl sites for hydroxylation is 1. The molecule has 0 aliphatic carbocycles. The standard InChI is InChI=1S/C18H21FN2O4S/c1-12-4-9-16(10-17(12)18(22)20-13(2)11-25-3)26(23,24)21-15-7-5-14(19)6-8-15/h4-10,13,21H,11H2,1-3H3,(H,20,22). The molecule has 0 spiro atoms. The Labute approximate surface area is 152 Å². The fourth-order valence-electron chi connectivity index (χ4n) is 2.34. The maximum absolute atomic E-state index is 13.0. The van der Waals surface area contributed by atoms with Crippen LogP contribution in [0.1, 0.15) is 22.8 Å². The highest BCUT2D eigenvalue weighted by Gasteiger charge is 2.19. The SMILES string of the molecule is COCC(C)NC(=O)c1cc(S(=O)(=O)Nc2ccc(F)cc2)ccc1C. The lowest BCUT2D eigenvalue weighted by Gasteiger charge is -2.15. The van der Waals surface area contributed by atoms with Gasteiger partial charge in [-0.05, 0) is 55.8 Å². The van der Waals surface area contributed by atoms with E-state index in [0.29, 0.717) is 12.2 Å². The highest BCUT2D eigenvalue weighted by molar-refractivity contribution is 7.92. The predicted octanol–water partition coefficient (Wildman–Crippen LogP) is 2.70. The summed E-state index contributed by atoms with van der Waals surface area (Å²) in [6, 6.07) is 9.03. The van der Waals surface area contributed by atoms with Gasteiger partial charge in [0.25, 0.3) is 15.9 Å². The first-order chi connectivity index (χ1) is 12.2. The molecule has 2 aromatic rings. The van der Waals surface area contributed by atoms with Crippen molar-refractivity contribution in [1.82, 2.24) is 5.32 Å². The van der Waals surface area contributed by atoms with Crippen LogP contribution in [0.2, 0.25) is 0 Å². The minimum Gasteiger partial charge on any atom is -0.383 e. The average molecular weight is 380 g/mol. The molecule has 2 aromatic carbocycles. The third kappa shape index (κ3) is 5.03. The van der Waals surface area contributed by atoms with Gasteiger partial charge in [-0.2, -0.15) is 0 Å². The number of nitrogens with one attached hydrogen (secondary N) is 2. The van der Waals surface area contributed by atoms with E-state index in [1.54, 1.807) is 19.9 Å². The number of carbonyl (C=O) groups is 1. The maximum Gasteiger partial charge on any atom is 0.261 e. The normalized spacial score (nSPS) is 12.5. The molecule has 1 amide bonds. The van der Waals surface area contributed by atoms with Crippen molar-refractivity contribution in [2.24, 2.45) is 0 Å². The van der Waals surface area contributed by atoms with Gasteiger partial charge in [-0.25, -0.2) is 12.8 Å². The highest BCUT2D eigenvalue weighted by atomic mass is 32.2. The van der Waals surface area contributed by atoms with Gasteiger partial charge in [0.2, 0.25) is 0 Å². The summed E-state index contributed by atoms with van der Waals surface area (Å²) in [6.07, 6.45) is 0. The summed E-state index contributed by atoms with van der Waals surface area (Å²) in [6.45, 7) is 3.85. The zero-order valence-corrected chi connectivity index (χ0v) is 15.6. The van der Waals surface area contributed by atoms with Crippen LogP contribution in [0.15, 0.2) is 47.4 Å². The minimum atomic E-state index is -3.91. The summed E-state index contributed by atoms with van der Waals surface area (Å²) in [5.74, 6) is -0.849. The fraction of sp³-hybridized carbons (Fsp3) is 0.278. The van der Waals surface area contributed by atoms with E-state index in [0.717, 1.165) is 12.1 Å². The second kappa shape index (κ2) is 8.29. The Morgan fingerprint density at radius 2 is 1.85 bits per heavy atom. The van der Waals surface area contributed by atoms with Crippen LogP contribution in [0.25, 0.3) is 0 Å². The average Bonchev–Trinajstić information content (AvgIpc) is 2.57. The molecule has 0 aliphatic heterocycles. The largest absolute Gasteiger partial charge is 0.383 e. The number of carbonyl (C=O) groups excluding carboxylic acids is 1. The van der Waals surface area contributed by atoms with E-state index in [9.17, 15) is 17.6 Å². The molecule has 0 radical (unpaired) electrons. The quantitative estimate of drug-likeness (QED) is 0.774. The first-order valence-corrected chi connectivity index (χ1v) is 9.40. The number of hydrogen-bond donors (Lipinski definition) is 2. The molecule has 0 fully saturated rings. The van der Waals surface area contributed by atoms with E-state index in [-0.39, 0.29) is 28.1 Å². The van der Waals surface area contributed by atoms with Gasteiger partial charge < -0.3 is 10.1 Å². The molecule has 6 nitrogen and oxygen atoms in total. The first-order valence-electron chi connectivity index (χ1n) is 7.92. The summed E-state index contributed by atoms with van der Waals surface area (Å²) in [5.41, 5.74) is 1.13. The van der Waals surface area contributed by atoms with Gasteiger partial charge in [0, 0.05) is 24.4 Å². The number of hydrogen-bond acceptors (Lipinski definition) is 4. The molecule has 0 aliphatic rings. The van der Waals surface area contributed by atoms with Gasteiger partial charge >= 0.3 is 0 Å². The molecule has 2 rings (SSSR count). The summed E-state index contributed by atoms with van der Waals surface area (Å²) < 4.78 is 45.4. The molecule has 1 atom stereocenters. The van der Waals surface area contributed by atoms with Crippen molar-refractivity contribution >= 4 is 21.6 Å². The molecule has 0 aromatic heterocycles. The third-order valence-electron chi connectivity index (χ3n) is 3.65. The predicted molar refractivity (Wildman–Crippen MR) is 97.2 cm³/mol. The van der Waals surface area contributed by atoms with E-state index in [1.165, 1.54) is 31.4 Å². The van der Waals surface area contributed by atoms with Gasteiger partial charge in [-0.15, -0.1) is 0 Å². The van der Waals surface area contributed by atoms with Crippen molar-refractivity contribution in [3.8, 4) is 0 Å². The summed E-state index contributed by atoms with van der Waals surface area (Å²) in [5, 5.41) is 2.75. The Balaban J connectivity index is 2.26. The Morgan fingerprint density at radius 1 is 1.19 bits per heavy atom. The van der Waals surface area contributed by atoms with Gasteiger partial charge in [0.05, 0.1) is 11.5 Å². The van der Waals surface area contributed by atoms with Crippen molar-refractivity contribution in [1.29, 1.82) is 0 Å². The lowest BCUT2D eigenvalue weighted by molar-refractivity contribution is 0.0904. The number of ether oxygens (including phenoxy) is 1. The van der Waals surface area contributed by atoms with Crippen LogP contribution < -0.4 is 10.0 Å². The van der Waals surface area contributed by atoms with Crippen molar-refractivity contribution in [3.05, 3.63) is 59.4 Å². The van der Waals surface area contributed by atoms with Gasteiger partial charge in [0.15, 0.2) is 0 Å². The molecule has 1 unspecified atom stereocenters. The summed E-state index contributed by atoms with van der Waals surface area (Å²) >= 11 is 0. The Kier molecular flexibility index (Phi) is 6.33. The molecular formula is C18H21FN2O4S. The van der Waals surface area contributed by atoms with E-state index < -0.39 is 15.8 Å². The summed E-state index contributed by atoms with van der Waals surface area (Å²) in [4.78, 5) is 12.3. The maximum atomic E-state index is 13.0. The first kappa shape index (κ1) is 19.9. The molecule has 0 saturated carbocycles. The van der Waals surface area contributed by atoms with Crippen LogP contribution in [0.3, 0.4) is 0 Å². The van der Waals surface area contributed by atoms with Crippen molar-refractivity contribution in [2.75, 3.05) is 18.4 Å². The third-order valence-corrected chi connectivity index (χ3v) is 5.03. The molecule has 140 valence electrons. The topological polar surface area (TPSA) is 84.5 Å². The van der Waals surface area contributed by atoms with E-state index in [1.807, 2.05) is 0 Å². The van der Waals surface area contributed by atoms with Gasteiger partial charge in [-0.1, -0.05) is 6.07 Å². The smallest absolute Gasteiger partial charge is 0.261 e. The van der Waals surface area contributed by atoms with Crippen LogP contribution >= 0.6 is 0 Å². The van der Waals surface area contributed by atoms with Crippen LogP contribution in [-0.2, 0) is 14.8 Å². The van der Waals surface area contributed by atoms with Crippen molar-refractivity contribution in [2.45, 2.75) is 24.8 Å². The molecule has 2 N–H and O–H groups in total. The van der Waals surface area contributed by atoms with Crippen molar-refractivity contribution < 1.29 is 22.3 Å². The van der Waals surface area contributed by atoms with E-state index in [4.69, 9.17) is 4.74 Å². The summed E-state index contributed by atoms with van der Waals surface area (Å²) in [7, 11) is -2.38. The van der Waals surface area contributed by atoms with Crippen LogP contribution in [0, 0.1) is 12.7 Å². The number of anilines is 1. The van der Waals surface area contributed by atoms with E-state index >= 15 is 0 Å². The highest BCUT2D eigenvalue weighted by Crippen LogP contribution is 2.19. The Bertz CT molecular complexity index is 883. The number of amides is 1. The van der Waals surface area contributed by atoms with Gasteiger partial charge in [0.1, 0.15) is 5.82 Å². The second-order valence-electron chi connectivity index (χ2n) is 5.92. The molecule has 26 heavy (non-hydrogen) atoms. The molecule has 8 heteroatoms. The molecular weight excluding hydrogens is 359 g/mol. The second-order valence-corrected chi connectivity index (χ2v) is 7.60. The number of halogens is 1. The zero-order valence-electron chi connectivity index (χ0n) is 14.7. The molecule has 0 bridgehead atoms. The molecule has 0 saturated heterocycles. The van der Waals surface area contributed by atoms with Crippen LogP contribution in [0.5, 0.6) is 0 Å². The Hall–Kier alpha value is -2.45. The number of benzene rings is 2. The van der Waals surface area contributed by atoms with Gasteiger partial charge in [-0.3, -0.25) is 9.52 Å². The number of sulfonamides is 1. The Morgan fingerprint density at radius 3 is 2.46 bits per heavy atom. The van der Waals surface area contributed by atoms with Crippen LogP contribution in [-0.4, -0.2) is 34.1 Å². The number of methoxy groups -OCH3 is 1. The monoisotopic (exact) mass is 380 g/mol. The zero-order chi connectivity index (χ0) is 19.3.